The smallest absolute Gasteiger partial charge is 0.158 e. The van der Waals surface area contributed by atoms with Crippen LogP contribution in [0.3, 0.4) is 0 Å². The number of aromatic amines is 1. The third-order valence-corrected chi connectivity index (χ3v) is 3.88. The first-order valence-electron chi connectivity index (χ1n) is 6.58. The number of hydrogen-bond donors (Lipinski definition) is 2. The molecule has 2 aromatic carbocycles. The third-order valence-electron chi connectivity index (χ3n) is 3.63. The van der Waals surface area contributed by atoms with E-state index in [-0.39, 0.29) is 5.75 Å². The fraction of sp³-hybridized carbons (Fsp3) is 0. The summed E-state index contributed by atoms with van der Waals surface area (Å²) in [6.07, 6.45) is 1.47. The van der Waals surface area contributed by atoms with Crippen molar-refractivity contribution in [2.45, 2.75) is 0 Å². The molecule has 2 aromatic heterocycles. The van der Waals surface area contributed by atoms with Crippen LogP contribution in [0.25, 0.3) is 33.1 Å². The lowest BCUT2D eigenvalue weighted by molar-refractivity contribution is 0.478. The van der Waals surface area contributed by atoms with Crippen LogP contribution < -0.4 is 0 Å². The van der Waals surface area contributed by atoms with Crippen molar-refractivity contribution in [3.8, 4) is 17.0 Å². The average Bonchev–Trinajstić information content (AvgIpc) is 2.90. The van der Waals surface area contributed by atoms with Crippen LogP contribution in [0, 0.1) is 0 Å². The van der Waals surface area contributed by atoms with Gasteiger partial charge in [-0.15, -0.1) is 0 Å². The SMILES string of the molecule is Oc1cnc(-c2ccc(Cl)cc2)c2c1[nH]c1ccccc12. The Morgan fingerprint density at radius 3 is 2.57 bits per heavy atom. The zero-order valence-corrected chi connectivity index (χ0v) is 11.7. The Hall–Kier alpha value is -2.52. The molecule has 0 aliphatic rings. The topological polar surface area (TPSA) is 48.9 Å². The van der Waals surface area contributed by atoms with E-state index in [1.54, 1.807) is 0 Å². The van der Waals surface area contributed by atoms with Gasteiger partial charge in [-0.05, 0) is 18.2 Å². The molecule has 4 rings (SSSR count). The van der Waals surface area contributed by atoms with Crippen molar-refractivity contribution in [3.05, 3.63) is 59.8 Å². The van der Waals surface area contributed by atoms with Crippen molar-refractivity contribution >= 4 is 33.4 Å². The number of nitrogens with zero attached hydrogens (tertiary/aromatic N) is 1. The van der Waals surface area contributed by atoms with Gasteiger partial charge >= 0.3 is 0 Å². The predicted octanol–water partition coefficient (Wildman–Crippen LogP) is 4.74. The van der Waals surface area contributed by atoms with Crippen LogP contribution in [0.2, 0.25) is 5.02 Å². The van der Waals surface area contributed by atoms with Crippen LogP contribution in [0.4, 0.5) is 0 Å². The van der Waals surface area contributed by atoms with Gasteiger partial charge in [0.2, 0.25) is 0 Å². The first-order chi connectivity index (χ1) is 10.2. The zero-order valence-electron chi connectivity index (χ0n) is 11.0. The van der Waals surface area contributed by atoms with Crippen molar-refractivity contribution in [1.82, 2.24) is 9.97 Å². The molecule has 0 aliphatic carbocycles. The predicted molar refractivity (Wildman–Crippen MR) is 85.7 cm³/mol. The summed E-state index contributed by atoms with van der Waals surface area (Å²) in [5.74, 6) is 0.152. The van der Waals surface area contributed by atoms with Crippen molar-refractivity contribution in [3.63, 3.8) is 0 Å². The van der Waals surface area contributed by atoms with E-state index in [0.717, 1.165) is 27.5 Å². The van der Waals surface area contributed by atoms with E-state index in [4.69, 9.17) is 11.6 Å². The molecule has 0 spiro atoms. The summed E-state index contributed by atoms with van der Waals surface area (Å²) < 4.78 is 0. The second-order valence-electron chi connectivity index (χ2n) is 4.92. The van der Waals surface area contributed by atoms with Gasteiger partial charge < -0.3 is 10.1 Å². The van der Waals surface area contributed by atoms with Gasteiger partial charge in [0.15, 0.2) is 5.75 Å². The monoisotopic (exact) mass is 294 g/mol. The summed E-state index contributed by atoms with van der Waals surface area (Å²) in [5, 5.41) is 12.7. The highest BCUT2D eigenvalue weighted by atomic mass is 35.5. The van der Waals surface area contributed by atoms with Crippen molar-refractivity contribution in [2.75, 3.05) is 0 Å². The maximum Gasteiger partial charge on any atom is 0.158 e. The van der Waals surface area contributed by atoms with Crippen molar-refractivity contribution in [2.24, 2.45) is 0 Å². The molecule has 4 heteroatoms. The van der Waals surface area contributed by atoms with E-state index in [9.17, 15) is 5.11 Å². The molecule has 0 saturated carbocycles. The summed E-state index contributed by atoms with van der Waals surface area (Å²) in [7, 11) is 0. The van der Waals surface area contributed by atoms with Crippen molar-refractivity contribution in [1.29, 1.82) is 0 Å². The number of H-pyrrole nitrogens is 1. The standard InChI is InChI=1S/C17H11ClN2O/c18-11-7-5-10(6-8-11)16-15-12-3-1-2-4-13(12)20-17(15)14(21)9-19-16/h1-9,20-21H. The molecule has 2 N–H and O–H groups in total. The molecular weight excluding hydrogens is 284 g/mol. The highest BCUT2D eigenvalue weighted by Gasteiger charge is 2.14. The van der Waals surface area contributed by atoms with E-state index in [2.05, 4.69) is 9.97 Å². The average molecular weight is 295 g/mol. The number of aromatic nitrogens is 2. The quantitative estimate of drug-likeness (QED) is 0.532. The second kappa shape index (κ2) is 4.50. The molecule has 0 atom stereocenters. The summed E-state index contributed by atoms with van der Waals surface area (Å²) in [4.78, 5) is 7.67. The number of para-hydroxylation sites is 1. The lowest BCUT2D eigenvalue weighted by atomic mass is 10.0. The van der Waals surface area contributed by atoms with E-state index in [1.165, 1.54) is 6.20 Å². The second-order valence-corrected chi connectivity index (χ2v) is 5.36. The maximum absolute atomic E-state index is 10.1. The molecule has 0 unspecified atom stereocenters. The highest BCUT2D eigenvalue weighted by Crippen LogP contribution is 2.37. The molecule has 21 heavy (non-hydrogen) atoms. The van der Waals surface area contributed by atoms with Crippen LogP contribution in [-0.4, -0.2) is 15.1 Å². The minimum Gasteiger partial charge on any atom is -0.504 e. The van der Waals surface area contributed by atoms with E-state index in [1.807, 2.05) is 48.5 Å². The summed E-state index contributed by atoms with van der Waals surface area (Å²) >= 11 is 5.95. The van der Waals surface area contributed by atoms with Gasteiger partial charge in [-0.3, -0.25) is 4.98 Å². The molecule has 0 bridgehead atoms. The number of hydrogen-bond acceptors (Lipinski definition) is 2. The Morgan fingerprint density at radius 1 is 1.00 bits per heavy atom. The highest BCUT2D eigenvalue weighted by molar-refractivity contribution is 6.30. The van der Waals surface area contributed by atoms with Gasteiger partial charge in [-0.2, -0.15) is 0 Å². The Labute approximate surface area is 125 Å². The number of pyridine rings is 1. The molecule has 102 valence electrons. The van der Waals surface area contributed by atoms with E-state index < -0.39 is 0 Å². The number of rotatable bonds is 1. The number of fused-ring (bicyclic) bond motifs is 3. The van der Waals surface area contributed by atoms with Crippen LogP contribution >= 0.6 is 11.6 Å². The molecule has 2 heterocycles. The summed E-state index contributed by atoms with van der Waals surface area (Å²) in [5.41, 5.74) is 3.48. The maximum atomic E-state index is 10.1. The number of aromatic hydroxyl groups is 1. The molecule has 3 nitrogen and oxygen atoms in total. The molecule has 0 aliphatic heterocycles. The van der Waals surface area contributed by atoms with E-state index >= 15 is 0 Å². The lowest BCUT2D eigenvalue weighted by Crippen LogP contribution is -1.85. The molecule has 0 fully saturated rings. The molecule has 0 amide bonds. The molecule has 0 saturated heterocycles. The van der Waals surface area contributed by atoms with Gasteiger partial charge in [0.1, 0.15) is 0 Å². The minimum absolute atomic E-state index is 0.152. The Balaban J connectivity index is 2.14. The third kappa shape index (κ3) is 1.86. The summed E-state index contributed by atoms with van der Waals surface area (Å²) in [6.45, 7) is 0. The fourth-order valence-corrected chi connectivity index (χ4v) is 2.79. The van der Waals surface area contributed by atoms with E-state index in [0.29, 0.717) is 10.5 Å². The molecule has 4 aromatic rings. The zero-order chi connectivity index (χ0) is 14.4. The van der Waals surface area contributed by atoms with Crippen molar-refractivity contribution < 1.29 is 5.11 Å². The van der Waals surface area contributed by atoms with Gasteiger partial charge in [0, 0.05) is 26.9 Å². The molecule has 0 radical (unpaired) electrons. The van der Waals surface area contributed by atoms with Crippen LogP contribution in [0.15, 0.2) is 54.7 Å². The Bertz CT molecular complexity index is 958. The first kappa shape index (κ1) is 12.2. The van der Waals surface area contributed by atoms with Gasteiger partial charge in [0.25, 0.3) is 0 Å². The number of nitrogens with one attached hydrogen (secondary N) is 1. The Morgan fingerprint density at radius 2 is 1.76 bits per heavy atom. The Kier molecular flexibility index (Phi) is 2.62. The van der Waals surface area contributed by atoms with Gasteiger partial charge in [-0.25, -0.2) is 0 Å². The first-order valence-corrected chi connectivity index (χ1v) is 6.96. The summed E-state index contributed by atoms with van der Waals surface area (Å²) in [6, 6.07) is 15.5. The van der Waals surface area contributed by atoms with Crippen LogP contribution in [0.5, 0.6) is 5.75 Å². The fourth-order valence-electron chi connectivity index (χ4n) is 2.66. The molecular formula is C17H11ClN2O. The van der Waals surface area contributed by atoms with Gasteiger partial charge in [-0.1, -0.05) is 41.9 Å². The normalized spacial score (nSPS) is 11.3. The van der Waals surface area contributed by atoms with Crippen LogP contribution in [-0.2, 0) is 0 Å². The largest absolute Gasteiger partial charge is 0.504 e. The number of benzene rings is 2. The van der Waals surface area contributed by atoms with Crippen LogP contribution in [0.1, 0.15) is 0 Å². The minimum atomic E-state index is 0.152. The lowest BCUT2D eigenvalue weighted by Gasteiger charge is -2.05. The van der Waals surface area contributed by atoms with Gasteiger partial charge in [0.05, 0.1) is 17.4 Å². The number of halogens is 1.